The van der Waals surface area contributed by atoms with E-state index in [2.05, 4.69) is 5.32 Å². The number of nitrogens with two attached hydrogens (primary N) is 1. The third-order valence-corrected chi connectivity index (χ3v) is 2.42. The number of ether oxygens (including phenoxy) is 1. The van der Waals surface area contributed by atoms with Gasteiger partial charge in [-0.3, -0.25) is 4.79 Å². The number of nitrogens with one attached hydrogen (secondary N) is 1. The lowest BCUT2D eigenvalue weighted by atomic mass is 10.1. The van der Waals surface area contributed by atoms with Crippen LogP contribution in [0.4, 0.5) is 0 Å². The van der Waals surface area contributed by atoms with Crippen molar-refractivity contribution in [3.05, 3.63) is 29.8 Å². The Bertz CT molecular complexity index is 397. The van der Waals surface area contributed by atoms with E-state index < -0.39 is 0 Å². The number of carbonyl (C=O) groups is 1. The second kappa shape index (κ2) is 6.40. The Morgan fingerprint density at radius 3 is 2.67 bits per heavy atom. The molecule has 18 heavy (non-hydrogen) atoms. The van der Waals surface area contributed by atoms with E-state index >= 15 is 0 Å². The molecule has 0 aliphatic rings. The van der Waals surface area contributed by atoms with Crippen LogP contribution in [0.1, 0.15) is 25.8 Å². The Morgan fingerprint density at radius 1 is 1.39 bits per heavy atom. The summed E-state index contributed by atoms with van der Waals surface area (Å²) >= 11 is 0. The summed E-state index contributed by atoms with van der Waals surface area (Å²) in [5.41, 5.74) is 6.47. The van der Waals surface area contributed by atoms with E-state index in [0.717, 1.165) is 11.3 Å². The zero-order valence-corrected chi connectivity index (χ0v) is 11.3. The van der Waals surface area contributed by atoms with Gasteiger partial charge in [0.05, 0.1) is 13.0 Å². The fourth-order valence-electron chi connectivity index (χ4n) is 1.39. The van der Waals surface area contributed by atoms with Crippen LogP contribution in [0.15, 0.2) is 24.3 Å². The van der Waals surface area contributed by atoms with E-state index in [1.54, 1.807) is 0 Å². The molecule has 0 saturated heterocycles. The summed E-state index contributed by atoms with van der Waals surface area (Å²) in [5.74, 6) is 0.784. The maximum absolute atomic E-state index is 11.5. The van der Waals surface area contributed by atoms with Gasteiger partial charge in [0.15, 0.2) is 0 Å². The summed E-state index contributed by atoms with van der Waals surface area (Å²) in [5, 5.41) is 2.78. The van der Waals surface area contributed by atoms with Crippen molar-refractivity contribution in [2.24, 2.45) is 5.73 Å². The summed E-state index contributed by atoms with van der Waals surface area (Å²) in [7, 11) is 0. The standard InChI is InChI=1S/C14H22N2O2/c1-11-6-4-5-7-12(11)18-9-8-13(17)16-10-14(2,3)15/h4-7H,8-10,15H2,1-3H3,(H,16,17). The van der Waals surface area contributed by atoms with Crippen molar-refractivity contribution >= 4 is 5.91 Å². The predicted octanol–water partition coefficient (Wildman–Crippen LogP) is 1.62. The number of benzene rings is 1. The zero-order valence-electron chi connectivity index (χ0n) is 11.3. The van der Waals surface area contributed by atoms with Crippen LogP contribution in [-0.2, 0) is 4.79 Å². The third-order valence-electron chi connectivity index (χ3n) is 2.42. The molecule has 1 aromatic carbocycles. The van der Waals surface area contributed by atoms with Crippen LogP contribution >= 0.6 is 0 Å². The fourth-order valence-corrected chi connectivity index (χ4v) is 1.39. The quantitative estimate of drug-likeness (QED) is 0.806. The average Bonchev–Trinajstić information content (AvgIpc) is 2.28. The van der Waals surface area contributed by atoms with Crippen molar-refractivity contribution in [3.8, 4) is 5.75 Å². The highest BCUT2D eigenvalue weighted by Crippen LogP contribution is 2.16. The first-order chi connectivity index (χ1) is 8.38. The van der Waals surface area contributed by atoms with Crippen molar-refractivity contribution in [3.63, 3.8) is 0 Å². The van der Waals surface area contributed by atoms with E-state index in [-0.39, 0.29) is 11.4 Å². The molecule has 0 aliphatic heterocycles. The van der Waals surface area contributed by atoms with E-state index in [1.165, 1.54) is 0 Å². The first-order valence-corrected chi connectivity index (χ1v) is 6.12. The average molecular weight is 250 g/mol. The van der Waals surface area contributed by atoms with Gasteiger partial charge in [0, 0.05) is 12.1 Å². The molecule has 1 amide bonds. The van der Waals surface area contributed by atoms with Crippen molar-refractivity contribution in [1.29, 1.82) is 0 Å². The lowest BCUT2D eigenvalue weighted by molar-refractivity contribution is -0.121. The number of para-hydroxylation sites is 1. The summed E-state index contributed by atoms with van der Waals surface area (Å²) in [4.78, 5) is 11.5. The van der Waals surface area contributed by atoms with Gasteiger partial charge in [-0.1, -0.05) is 18.2 Å². The zero-order chi connectivity index (χ0) is 13.6. The highest BCUT2D eigenvalue weighted by atomic mass is 16.5. The van der Waals surface area contributed by atoms with Crippen molar-refractivity contribution in [2.75, 3.05) is 13.2 Å². The Balaban J connectivity index is 2.26. The number of carbonyl (C=O) groups excluding carboxylic acids is 1. The van der Waals surface area contributed by atoms with Gasteiger partial charge in [0.2, 0.25) is 5.91 Å². The molecule has 1 aromatic rings. The van der Waals surface area contributed by atoms with Crippen molar-refractivity contribution < 1.29 is 9.53 Å². The second-order valence-corrected chi connectivity index (χ2v) is 5.13. The van der Waals surface area contributed by atoms with Gasteiger partial charge in [-0.25, -0.2) is 0 Å². The molecular formula is C14H22N2O2. The summed E-state index contributed by atoms with van der Waals surface area (Å²) < 4.78 is 5.55. The maximum Gasteiger partial charge on any atom is 0.223 e. The van der Waals surface area contributed by atoms with Crippen LogP contribution in [0, 0.1) is 6.92 Å². The number of amides is 1. The van der Waals surface area contributed by atoms with Crippen LogP contribution < -0.4 is 15.8 Å². The molecule has 100 valence electrons. The molecule has 1 rings (SSSR count). The molecule has 0 aromatic heterocycles. The van der Waals surface area contributed by atoms with Crippen molar-refractivity contribution in [1.82, 2.24) is 5.32 Å². The Morgan fingerprint density at radius 2 is 2.06 bits per heavy atom. The van der Waals surface area contributed by atoms with Crippen LogP contribution in [0.25, 0.3) is 0 Å². The van der Waals surface area contributed by atoms with E-state index in [4.69, 9.17) is 10.5 Å². The van der Waals surface area contributed by atoms with Gasteiger partial charge in [-0.2, -0.15) is 0 Å². The molecule has 0 radical (unpaired) electrons. The molecular weight excluding hydrogens is 228 g/mol. The third kappa shape index (κ3) is 5.68. The van der Waals surface area contributed by atoms with Crippen LogP contribution in [0.2, 0.25) is 0 Å². The van der Waals surface area contributed by atoms with Gasteiger partial charge in [-0.05, 0) is 32.4 Å². The van der Waals surface area contributed by atoms with Gasteiger partial charge >= 0.3 is 0 Å². The number of hydrogen-bond donors (Lipinski definition) is 2. The predicted molar refractivity (Wildman–Crippen MR) is 72.6 cm³/mol. The molecule has 0 fully saturated rings. The first-order valence-electron chi connectivity index (χ1n) is 6.12. The minimum absolute atomic E-state index is 0.0397. The van der Waals surface area contributed by atoms with Crippen LogP contribution in [0.3, 0.4) is 0 Å². The molecule has 0 saturated carbocycles. The number of rotatable bonds is 6. The summed E-state index contributed by atoms with van der Waals surface area (Å²) in [6.07, 6.45) is 0.338. The summed E-state index contributed by atoms with van der Waals surface area (Å²) in [6, 6.07) is 7.75. The van der Waals surface area contributed by atoms with E-state index in [1.807, 2.05) is 45.0 Å². The largest absolute Gasteiger partial charge is 0.493 e. The van der Waals surface area contributed by atoms with Gasteiger partial charge in [-0.15, -0.1) is 0 Å². The topological polar surface area (TPSA) is 64.3 Å². The Labute approximate surface area is 109 Å². The Kier molecular flexibility index (Phi) is 5.16. The minimum atomic E-state index is -0.382. The molecule has 0 aliphatic carbocycles. The molecule has 4 heteroatoms. The highest BCUT2D eigenvalue weighted by Gasteiger charge is 2.12. The molecule has 0 atom stereocenters. The van der Waals surface area contributed by atoms with Gasteiger partial charge in [0.25, 0.3) is 0 Å². The maximum atomic E-state index is 11.5. The minimum Gasteiger partial charge on any atom is -0.493 e. The smallest absolute Gasteiger partial charge is 0.223 e. The monoisotopic (exact) mass is 250 g/mol. The number of aryl methyl sites for hydroxylation is 1. The van der Waals surface area contributed by atoms with Crippen LogP contribution in [-0.4, -0.2) is 24.6 Å². The van der Waals surface area contributed by atoms with E-state index in [9.17, 15) is 4.79 Å². The Hall–Kier alpha value is -1.55. The second-order valence-electron chi connectivity index (χ2n) is 5.13. The SMILES string of the molecule is Cc1ccccc1OCCC(=O)NCC(C)(C)N. The lowest BCUT2D eigenvalue weighted by Crippen LogP contribution is -2.45. The lowest BCUT2D eigenvalue weighted by Gasteiger charge is -2.18. The van der Waals surface area contributed by atoms with Crippen LogP contribution in [0.5, 0.6) is 5.75 Å². The molecule has 3 N–H and O–H groups in total. The molecule has 0 bridgehead atoms. The van der Waals surface area contributed by atoms with Gasteiger partial charge in [0.1, 0.15) is 5.75 Å². The molecule has 0 heterocycles. The number of hydrogen-bond acceptors (Lipinski definition) is 3. The molecule has 0 unspecified atom stereocenters. The first kappa shape index (κ1) is 14.5. The molecule has 0 spiro atoms. The van der Waals surface area contributed by atoms with E-state index in [0.29, 0.717) is 19.6 Å². The fraction of sp³-hybridized carbons (Fsp3) is 0.500. The normalized spacial score (nSPS) is 11.1. The summed E-state index contributed by atoms with van der Waals surface area (Å²) in [6.45, 7) is 6.57. The highest BCUT2D eigenvalue weighted by molar-refractivity contribution is 5.76. The van der Waals surface area contributed by atoms with Gasteiger partial charge < -0.3 is 15.8 Å². The van der Waals surface area contributed by atoms with Crippen molar-refractivity contribution in [2.45, 2.75) is 32.7 Å². The molecule has 4 nitrogen and oxygen atoms in total.